The number of nitrogen functional groups attached to an aromatic ring is 1. The summed E-state index contributed by atoms with van der Waals surface area (Å²) in [6.45, 7) is 2.02. The maximum absolute atomic E-state index is 11.6. The lowest BCUT2D eigenvalue weighted by Gasteiger charge is -2.05. The molecule has 20 heavy (non-hydrogen) atoms. The minimum Gasteiger partial charge on any atom is -0.382 e. The molecule has 8 heteroatoms. The summed E-state index contributed by atoms with van der Waals surface area (Å²) in [5.74, 6) is -0.173. The van der Waals surface area contributed by atoms with Gasteiger partial charge in [-0.3, -0.25) is 10.2 Å². The normalized spacial score (nSPS) is 10.4. The van der Waals surface area contributed by atoms with Crippen LogP contribution in [0.1, 0.15) is 24.7 Å². The zero-order valence-corrected chi connectivity index (χ0v) is 11.7. The van der Waals surface area contributed by atoms with Crippen LogP contribution in [-0.4, -0.2) is 25.8 Å². The molecule has 0 bridgehead atoms. The van der Waals surface area contributed by atoms with Gasteiger partial charge in [-0.1, -0.05) is 13.3 Å². The molecule has 2 aromatic rings. The molecule has 2 heterocycles. The maximum Gasteiger partial charge on any atom is 0.251 e. The monoisotopic (exact) mass is 290 g/mol. The third-order valence-corrected chi connectivity index (χ3v) is 3.27. The molecule has 0 aliphatic rings. The lowest BCUT2D eigenvalue weighted by Crippen LogP contribution is -2.15. The smallest absolute Gasteiger partial charge is 0.251 e. The van der Waals surface area contributed by atoms with Gasteiger partial charge in [-0.05, 0) is 18.2 Å². The van der Waals surface area contributed by atoms with Crippen LogP contribution < -0.4 is 11.3 Å². The molecule has 0 unspecified atom stereocenters. The van der Waals surface area contributed by atoms with E-state index in [1.165, 1.54) is 18.5 Å². The minimum absolute atomic E-state index is 0.173. The van der Waals surface area contributed by atoms with Crippen molar-refractivity contribution in [2.45, 2.75) is 29.9 Å². The molecular weight excluding hydrogens is 276 g/mol. The maximum atomic E-state index is 11.6. The molecule has 0 fully saturated rings. The fourth-order valence-corrected chi connectivity index (χ4v) is 2.46. The van der Waals surface area contributed by atoms with Crippen molar-refractivity contribution >= 4 is 17.6 Å². The van der Waals surface area contributed by atoms with Crippen molar-refractivity contribution in [1.29, 1.82) is 5.41 Å². The van der Waals surface area contributed by atoms with Gasteiger partial charge in [0, 0.05) is 24.2 Å². The molecular formula is C12H14N6OS. The number of nitrogens with one attached hydrogen (secondary N) is 2. The van der Waals surface area contributed by atoms with E-state index >= 15 is 0 Å². The van der Waals surface area contributed by atoms with Gasteiger partial charge in [0.25, 0.3) is 5.56 Å². The zero-order valence-electron chi connectivity index (χ0n) is 10.9. The van der Waals surface area contributed by atoms with Crippen LogP contribution >= 0.6 is 11.8 Å². The zero-order chi connectivity index (χ0) is 14.5. The van der Waals surface area contributed by atoms with Crippen LogP contribution in [0.4, 0.5) is 0 Å². The molecule has 0 aliphatic heterocycles. The van der Waals surface area contributed by atoms with Crippen molar-refractivity contribution in [3.63, 3.8) is 0 Å². The first kappa shape index (κ1) is 14.2. The molecule has 4 N–H and O–H groups in total. The van der Waals surface area contributed by atoms with E-state index in [0.717, 1.165) is 30.3 Å². The second-order valence-corrected chi connectivity index (χ2v) is 5.00. The number of H-pyrrole nitrogens is 1. The highest BCUT2D eigenvalue weighted by Crippen LogP contribution is 2.23. The lowest BCUT2D eigenvalue weighted by atomic mass is 10.2. The predicted octanol–water partition coefficient (Wildman–Crippen LogP) is 0.948. The molecule has 0 radical (unpaired) electrons. The molecule has 2 rings (SSSR count). The largest absolute Gasteiger partial charge is 0.382 e. The van der Waals surface area contributed by atoms with E-state index in [2.05, 4.69) is 19.9 Å². The van der Waals surface area contributed by atoms with E-state index in [1.807, 2.05) is 6.92 Å². The van der Waals surface area contributed by atoms with Gasteiger partial charge in [0.1, 0.15) is 16.6 Å². The van der Waals surface area contributed by atoms with Crippen LogP contribution in [0.15, 0.2) is 33.4 Å². The summed E-state index contributed by atoms with van der Waals surface area (Å²) in [6.07, 6.45) is 4.61. The predicted molar refractivity (Wildman–Crippen MR) is 76.0 cm³/mol. The van der Waals surface area contributed by atoms with Gasteiger partial charge in [-0.25, -0.2) is 15.0 Å². The number of aryl methyl sites for hydroxylation is 1. The van der Waals surface area contributed by atoms with Gasteiger partial charge >= 0.3 is 0 Å². The van der Waals surface area contributed by atoms with Gasteiger partial charge in [-0.2, -0.15) is 0 Å². The molecule has 0 spiro atoms. The van der Waals surface area contributed by atoms with Crippen LogP contribution in [0.2, 0.25) is 0 Å². The fraction of sp³-hybridized carbons (Fsp3) is 0.250. The standard InChI is InChI=1S/C12H14N6OS/c1-2-3-7-6-8(19)18-12(17-7)20-11-9(10(13)14)15-4-5-16-11/h4-6H,2-3H2,1H3,(H3,13,14)(H,17,18,19). The first-order valence-electron chi connectivity index (χ1n) is 6.03. The van der Waals surface area contributed by atoms with Gasteiger partial charge < -0.3 is 10.7 Å². The number of hydrogen-bond donors (Lipinski definition) is 3. The fourth-order valence-electron chi connectivity index (χ4n) is 1.59. The summed E-state index contributed by atoms with van der Waals surface area (Å²) in [7, 11) is 0. The van der Waals surface area contributed by atoms with E-state index in [0.29, 0.717) is 10.2 Å². The summed E-state index contributed by atoms with van der Waals surface area (Å²) in [5.41, 5.74) is 6.25. The molecule has 2 aromatic heterocycles. The van der Waals surface area contributed by atoms with Crippen LogP contribution in [-0.2, 0) is 6.42 Å². The topological polar surface area (TPSA) is 121 Å². The van der Waals surface area contributed by atoms with Crippen molar-refractivity contribution in [2.24, 2.45) is 5.73 Å². The average Bonchev–Trinajstić information content (AvgIpc) is 2.38. The van der Waals surface area contributed by atoms with E-state index in [1.54, 1.807) is 0 Å². The third-order valence-electron chi connectivity index (χ3n) is 2.39. The average molecular weight is 290 g/mol. The number of rotatable bonds is 5. The van der Waals surface area contributed by atoms with Crippen molar-refractivity contribution < 1.29 is 0 Å². The Morgan fingerprint density at radius 2 is 2.20 bits per heavy atom. The number of amidine groups is 1. The van der Waals surface area contributed by atoms with E-state index in [-0.39, 0.29) is 17.1 Å². The van der Waals surface area contributed by atoms with E-state index < -0.39 is 0 Å². The Morgan fingerprint density at radius 3 is 2.90 bits per heavy atom. The highest BCUT2D eigenvalue weighted by molar-refractivity contribution is 7.99. The third kappa shape index (κ3) is 3.41. The first-order valence-corrected chi connectivity index (χ1v) is 6.85. The Labute approximate surface area is 119 Å². The number of nitrogens with zero attached hydrogens (tertiary/aromatic N) is 3. The Hall–Kier alpha value is -2.22. The van der Waals surface area contributed by atoms with Crippen LogP contribution in [0.5, 0.6) is 0 Å². The second-order valence-electron chi connectivity index (χ2n) is 4.02. The summed E-state index contributed by atoms with van der Waals surface area (Å²) in [6, 6.07) is 1.48. The number of aromatic amines is 1. The summed E-state index contributed by atoms with van der Waals surface area (Å²) >= 11 is 1.14. The molecule has 0 saturated carbocycles. The first-order chi connectivity index (χ1) is 9.60. The summed E-state index contributed by atoms with van der Waals surface area (Å²) in [5, 5.41) is 8.32. The van der Waals surface area contributed by atoms with Crippen LogP contribution in [0.3, 0.4) is 0 Å². The SMILES string of the molecule is CCCc1cc(=O)[nH]c(Sc2nccnc2C(=N)N)n1. The molecule has 0 saturated heterocycles. The summed E-state index contributed by atoms with van der Waals surface area (Å²) in [4.78, 5) is 26.7. The lowest BCUT2D eigenvalue weighted by molar-refractivity contribution is 0.814. The number of hydrogen-bond acceptors (Lipinski definition) is 6. The van der Waals surface area contributed by atoms with Crippen LogP contribution in [0, 0.1) is 5.41 Å². The molecule has 0 aromatic carbocycles. The second kappa shape index (κ2) is 6.29. The molecule has 0 aliphatic carbocycles. The Morgan fingerprint density at radius 1 is 1.45 bits per heavy atom. The Balaban J connectivity index is 2.35. The highest BCUT2D eigenvalue weighted by atomic mass is 32.2. The van der Waals surface area contributed by atoms with E-state index in [9.17, 15) is 4.79 Å². The Bertz CT molecular complexity index is 684. The molecule has 7 nitrogen and oxygen atoms in total. The molecule has 104 valence electrons. The summed E-state index contributed by atoms with van der Waals surface area (Å²) < 4.78 is 0. The van der Waals surface area contributed by atoms with E-state index in [4.69, 9.17) is 11.1 Å². The van der Waals surface area contributed by atoms with Crippen molar-refractivity contribution in [3.05, 3.63) is 40.2 Å². The molecule has 0 atom stereocenters. The van der Waals surface area contributed by atoms with Gasteiger partial charge in [0.2, 0.25) is 0 Å². The van der Waals surface area contributed by atoms with Crippen molar-refractivity contribution in [2.75, 3.05) is 0 Å². The van der Waals surface area contributed by atoms with Crippen LogP contribution in [0.25, 0.3) is 0 Å². The van der Waals surface area contributed by atoms with Gasteiger partial charge in [0.15, 0.2) is 5.16 Å². The minimum atomic E-state index is -0.209. The molecule has 0 amide bonds. The Kier molecular flexibility index (Phi) is 4.46. The van der Waals surface area contributed by atoms with Crippen molar-refractivity contribution in [3.8, 4) is 0 Å². The number of nitrogens with two attached hydrogens (primary N) is 1. The van der Waals surface area contributed by atoms with Crippen molar-refractivity contribution in [1.82, 2.24) is 19.9 Å². The number of aromatic nitrogens is 4. The highest BCUT2D eigenvalue weighted by Gasteiger charge is 2.11. The van der Waals surface area contributed by atoms with Gasteiger partial charge in [0.05, 0.1) is 0 Å². The van der Waals surface area contributed by atoms with Gasteiger partial charge in [-0.15, -0.1) is 0 Å². The quantitative estimate of drug-likeness (QED) is 0.428.